The van der Waals surface area contributed by atoms with Crippen molar-refractivity contribution in [3.8, 4) is 11.4 Å². The Morgan fingerprint density at radius 2 is 1.88 bits per heavy atom. The van der Waals surface area contributed by atoms with Crippen molar-refractivity contribution in [3.63, 3.8) is 0 Å². The van der Waals surface area contributed by atoms with Crippen molar-refractivity contribution in [1.29, 1.82) is 0 Å². The second-order valence-corrected chi connectivity index (χ2v) is 7.59. The van der Waals surface area contributed by atoms with E-state index in [0.29, 0.717) is 55.1 Å². The number of anilines is 3. The third-order valence-corrected chi connectivity index (χ3v) is 5.57. The first-order valence-electron chi connectivity index (χ1n) is 10.4. The quantitative estimate of drug-likeness (QED) is 0.480. The molecule has 5 rings (SSSR count). The Labute approximate surface area is 184 Å². The van der Waals surface area contributed by atoms with E-state index < -0.39 is 0 Å². The summed E-state index contributed by atoms with van der Waals surface area (Å²) in [6.07, 6.45) is 3.47. The highest BCUT2D eigenvalue weighted by Crippen LogP contribution is 2.26. The molecule has 3 N–H and O–H groups in total. The summed E-state index contributed by atoms with van der Waals surface area (Å²) < 4.78 is 7.10. The predicted octanol–water partition coefficient (Wildman–Crippen LogP) is 2.90. The van der Waals surface area contributed by atoms with Gasteiger partial charge in [-0.1, -0.05) is 12.1 Å². The van der Waals surface area contributed by atoms with Gasteiger partial charge in [-0.05, 0) is 42.8 Å². The molecule has 1 aliphatic rings. The van der Waals surface area contributed by atoms with Crippen molar-refractivity contribution >= 4 is 29.0 Å². The number of rotatable bonds is 4. The first kappa shape index (κ1) is 20.0. The molecule has 9 nitrogen and oxygen atoms in total. The Hall–Kier alpha value is -3.98. The SMILES string of the molecule is Cc1c(N)cccc1-c1nc(Nc2ccc(C(=O)N3CCOCC3)cc2)n2ccnc2n1. The van der Waals surface area contributed by atoms with Gasteiger partial charge >= 0.3 is 0 Å². The fraction of sp³-hybridized carbons (Fsp3) is 0.217. The lowest BCUT2D eigenvalue weighted by Crippen LogP contribution is -2.40. The van der Waals surface area contributed by atoms with Gasteiger partial charge in [0.25, 0.3) is 5.91 Å². The Balaban J connectivity index is 1.44. The Kier molecular flexibility index (Phi) is 5.16. The van der Waals surface area contributed by atoms with Gasteiger partial charge in [0.2, 0.25) is 11.7 Å². The van der Waals surface area contributed by atoms with E-state index in [-0.39, 0.29) is 5.91 Å². The van der Waals surface area contributed by atoms with Gasteiger partial charge in [0, 0.05) is 48.0 Å². The number of nitrogens with two attached hydrogens (primary N) is 1. The summed E-state index contributed by atoms with van der Waals surface area (Å²) in [5.41, 5.74) is 9.97. The minimum absolute atomic E-state index is 0.0123. The average molecular weight is 429 g/mol. The van der Waals surface area contributed by atoms with Gasteiger partial charge < -0.3 is 20.7 Å². The first-order chi connectivity index (χ1) is 15.6. The van der Waals surface area contributed by atoms with Crippen molar-refractivity contribution in [3.05, 3.63) is 66.0 Å². The maximum atomic E-state index is 12.7. The number of nitrogens with zero attached hydrogens (tertiary/aromatic N) is 5. The molecule has 0 unspecified atom stereocenters. The molecule has 2 aromatic carbocycles. The molecule has 32 heavy (non-hydrogen) atoms. The number of nitrogens with one attached hydrogen (secondary N) is 1. The van der Waals surface area contributed by atoms with Crippen molar-refractivity contribution < 1.29 is 9.53 Å². The normalized spacial score (nSPS) is 14.0. The lowest BCUT2D eigenvalue weighted by molar-refractivity contribution is 0.0303. The molecule has 1 amide bonds. The number of benzene rings is 2. The maximum absolute atomic E-state index is 12.7. The van der Waals surface area contributed by atoms with E-state index in [1.807, 2.05) is 54.3 Å². The Bertz CT molecular complexity index is 1280. The molecular formula is C23H23N7O2. The molecule has 3 heterocycles. The number of ether oxygens (including phenoxy) is 1. The number of amides is 1. The van der Waals surface area contributed by atoms with Gasteiger partial charge in [-0.3, -0.25) is 9.20 Å². The molecule has 0 saturated carbocycles. The van der Waals surface area contributed by atoms with E-state index in [1.54, 1.807) is 16.8 Å². The molecule has 4 aromatic rings. The fourth-order valence-electron chi connectivity index (χ4n) is 3.70. The van der Waals surface area contributed by atoms with Gasteiger partial charge in [0.05, 0.1) is 13.2 Å². The molecular weight excluding hydrogens is 406 g/mol. The predicted molar refractivity (Wildman–Crippen MR) is 122 cm³/mol. The highest BCUT2D eigenvalue weighted by molar-refractivity contribution is 5.94. The van der Waals surface area contributed by atoms with Crippen molar-refractivity contribution in [2.75, 3.05) is 37.4 Å². The molecule has 0 spiro atoms. The molecule has 0 bridgehead atoms. The van der Waals surface area contributed by atoms with E-state index in [2.05, 4.69) is 15.3 Å². The summed E-state index contributed by atoms with van der Waals surface area (Å²) in [4.78, 5) is 28.1. The van der Waals surface area contributed by atoms with Crippen LogP contribution in [0.2, 0.25) is 0 Å². The second kappa shape index (κ2) is 8.27. The van der Waals surface area contributed by atoms with E-state index in [0.717, 1.165) is 16.8 Å². The van der Waals surface area contributed by atoms with Gasteiger partial charge in [-0.2, -0.15) is 9.97 Å². The van der Waals surface area contributed by atoms with Gasteiger partial charge in [-0.15, -0.1) is 0 Å². The van der Waals surface area contributed by atoms with Gasteiger partial charge in [0.15, 0.2) is 5.82 Å². The number of carbonyl (C=O) groups excluding carboxylic acids is 1. The molecule has 2 aromatic heterocycles. The van der Waals surface area contributed by atoms with Crippen LogP contribution >= 0.6 is 0 Å². The molecule has 0 atom stereocenters. The summed E-state index contributed by atoms with van der Waals surface area (Å²) in [7, 11) is 0. The number of carbonyl (C=O) groups is 1. The van der Waals surface area contributed by atoms with Crippen LogP contribution in [0, 0.1) is 6.92 Å². The zero-order valence-corrected chi connectivity index (χ0v) is 17.7. The van der Waals surface area contributed by atoms with Crippen LogP contribution in [0.3, 0.4) is 0 Å². The molecule has 9 heteroatoms. The lowest BCUT2D eigenvalue weighted by Gasteiger charge is -2.26. The monoisotopic (exact) mass is 429 g/mol. The van der Waals surface area contributed by atoms with Gasteiger partial charge in [-0.25, -0.2) is 4.98 Å². The zero-order valence-electron chi connectivity index (χ0n) is 17.7. The van der Waals surface area contributed by atoms with Crippen LogP contribution in [0.1, 0.15) is 15.9 Å². The second-order valence-electron chi connectivity index (χ2n) is 7.59. The minimum Gasteiger partial charge on any atom is -0.398 e. The maximum Gasteiger partial charge on any atom is 0.254 e. The summed E-state index contributed by atoms with van der Waals surface area (Å²) in [5.74, 6) is 1.64. The van der Waals surface area contributed by atoms with E-state index in [1.165, 1.54) is 0 Å². The van der Waals surface area contributed by atoms with Crippen LogP contribution < -0.4 is 11.1 Å². The van der Waals surface area contributed by atoms with Gasteiger partial charge in [0.1, 0.15) is 0 Å². The van der Waals surface area contributed by atoms with Crippen LogP contribution in [0.25, 0.3) is 17.2 Å². The average Bonchev–Trinajstić information content (AvgIpc) is 3.31. The van der Waals surface area contributed by atoms with E-state index >= 15 is 0 Å². The highest BCUT2D eigenvalue weighted by atomic mass is 16.5. The first-order valence-corrected chi connectivity index (χ1v) is 10.4. The number of nitrogen functional groups attached to an aromatic ring is 1. The fourth-order valence-corrected chi connectivity index (χ4v) is 3.70. The molecule has 1 aliphatic heterocycles. The van der Waals surface area contributed by atoms with Crippen molar-refractivity contribution in [2.24, 2.45) is 0 Å². The van der Waals surface area contributed by atoms with Crippen LogP contribution in [-0.4, -0.2) is 56.5 Å². The lowest BCUT2D eigenvalue weighted by atomic mass is 10.1. The highest BCUT2D eigenvalue weighted by Gasteiger charge is 2.18. The zero-order chi connectivity index (χ0) is 22.1. The standard InChI is InChI=1S/C23H23N7O2/c1-15-18(3-2-4-19(15)24)20-27-22-25-9-10-30(22)23(28-20)26-17-7-5-16(6-8-17)21(31)29-11-13-32-14-12-29/h2-10H,11-14,24H2,1H3,(H,25,26,27,28). The number of fused-ring (bicyclic) bond motifs is 1. The number of hydrogen-bond acceptors (Lipinski definition) is 7. The van der Waals surface area contributed by atoms with E-state index in [4.69, 9.17) is 15.5 Å². The van der Waals surface area contributed by atoms with Crippen LogP contribution in [0.4, 0.5) is 17.3 Å². The Morgan fingerprint density at radius 3 is 2.66 bits per heavy atom. The third kappa shape index (κ3) is 3.74. The van der Waals surface area contributed by atoms with Crippen LogP contribution in [0.5, 0.6) is 0 Å². The molecule has 0 radical (unpaired) electrons. The van der Waals surface area contributed by atoms with Crippen LogP contribution in [0.15, 0.2) is 54.9 Å². The molecule has 1 fully saturated rings. The molecule has 162 valence electrons. The number of hydrogen-bond donors (Lipinski definition) is 2. The van der Waals surface area contributed by atoms with Crippen LogP contribution in [-0.2, 0) is 4.74 Å². The van der Waals surface area contributed by atoms with E-state index in [9.17, 15) is 4.79 Å². The smallest absolute Gasteiger partial charge is 0.254 e. The largest absolute Gasteiger partial charge is 0.398 e. The van der Waals surface area contributed by atoms with Crippen molar-refractivity contribution in [2.45, 2.75) is 6.92 Å². The number of imidazole rings is 1. The molecule has 0 aliphatic carbocycles. The molecule has 1 saturated heterocycles. The topological polar surface area (TPSA) is 111 Å². The minimum atomic E-state index is 0.0123. The third-order valence-electron chi connectivity index (χ3n) is 5.57. The summed E-state index contributed by atoms with van der Waals surface area (Å²) >= 11 is 0. The Morgan fingerprint density at radius 1 is 1.09 bits per heavy atom. The summed E-state index contributed by atoms with van der Waals surface area (Å²) in [5, 5.41) is 3.32. The van der Waals surface area contributed by atoms with Crippen molar-refractivity contribution in [1.82, 2.24) is 24.3 Å². The number of aromatic nitrogens is 4. The summed E-state index contributed by atoms with van der Waals surface area (Å²) in [6, 6.07) is 13.0. The summed E-state index contributed by atoms with van der Waals surface area (Å²) in [6.45, 7) is 4.33. The number of morpholine rings is 1.